The molecule has 0 saturated carbocycles. The van der Waals surface area contributed by atoms with Gasteiger partial charge in [0.25, 0.3) is 0 Å². The monoisotopic (exact) mass is 521 g/mol. The molecule has 9 nitrogen and oxygen atoms in total. The van der Waals surface area contributed by atoms with Gasteiger partial charge in [-0.1, -0.05) is 0 Å². The van der Waals surface area contributed by atoms with Gasteiger partial charge >= 0.3 is 0 Å². The molecule has 0 spiro atoms. The zero-order valence-corrected chi connectivity index (χ0v) is 23.5. The number of benzene rings is 1. The first-order valence-electron chi connectivity index (χ1n) is 12.8. The van der Waals surface area contributed by atoms with Crippen LogP contribution < -0.4 is 10.1 Å². The van der Waals surface area contributed by atoms with E-state index in [1.807, 2.05) is 33.0 Å². The summed E-state index contributed by atoms with van der Waals surface area (Å²) < 4.78 is 19.9. The third kappa shape index (κ3) is 7.27. The Morgan fingerprint density at radius 2 is 1.75 bits per heavy atom. The highest BCUT2D eigenvalue weighted by Gasteiger charge is 2.31. The molecule has 0 aliphatic carbocycles. The fourth-order valence-electron chi connectivity index (χ4n) is 5.27. The molecule has 2 atom stereocenters. The smallest absolute Gasteiger partial charge is 0.242 e. The van der Waals surface area contributed by atoms with Crippen LogP contribution in [0.1, 0.15) is 36.8 Å². The van der Waals surface area contributed by atoms with Gasteiger partial charge in [-0.25, -0.2) is 8.51 Å². The number of hydrogen-bond donors (Lipinski definition) is 1. The average molecular weight is 522 g/mol. The van der Waals surface area contributed by atoms with Crippen molar-refractivity contribution in [2.75, 3.05) is 67.5 Å². The molecule has 2 aliphatic rings. The van der Waals surface area contributed by atoms with Crippen LogP contribution in [0.15, 0.2) is 17.0 Å². The molecule has 1 aromatic carbocycles. The Labute approximate surface area is 218 Å². The Kier molecular flexibility index (Phi) is 10.3. The summed E-state index contributed by atoms with van der Waals surface area (Å²) in [5.74, 6) is 0.290. The lowest BCUT2D eigenvalue weighted by Gasteiger charge is -2.43. The number of likely N-dealkylation sites (N-methyl/N-ethyl adjacent to an activating group) is 2. The van der Waals surface area contributed by atoms with E-state index in [4.69, 9.17) is 4.74 Å². The number of piperidine rings is 2. The van der Waals surface area contributed by atoms with Crippen molar-refractivity contribution in [2.24, 2.45) is 0 Å². The molecule has 36 heavy (non-hydrogen) atoms. The highest BCUT2D eigenvalue weighted by molar-refractivity contribution is 7.82. The average Bonchev–Trinajstić information content (AvgIpc) is 2.86. The molecular weight excluding hydrogens is 478 g/mol. The number of nitrogens with zero attached hydrogens (tertiary/aromatic N) is 4. The van der Waals surface area contributed by atoms with E-state index in [0.29, 0.717) is 16.7 Å². The van der Waals surface area contributed by atoms with Crippen LogP contribution in [0.2, 0.25) is 0 Å². The molecule has 0 aromatic heterocycles. The van der Waals surface area contributed by atoms with Crippen molar-refractivity contribution in [3.63, 3.8) is 0 Å². The number of hydrogen-bond acceptors (Lipinski definition) is 6. The predicted octanol–water partition coefficient (Wildman–Crippen LogP) is 1.40. The molecular formula is C26H43N5O4S. The maximum absolute atomic E-state index is 13.1. The zero-order chi connectivity index (χ0) is 26.4. The minimum Gasteiger partial charge on any atom is -0.497 e. The minimum atomic E-state index is -1.50. The molecule has 202 valence electrons. The van der Waals surface area contributed by atoms with Gasteiger partial charge in [-0.05, 0) is 89.5 Å². The van der Waals surface area contributed by atoms with Crippen molar-refractivity contribution in [2.45, 2.75) is 56.5 Å². The molecule has 2 fully saturated rings. The molecule has 2 heterocycles. The Morgan fingerprint density at radius 1 is 1.11 bits per heavy atom. The van der Waals surface area contributed by atoms with Crippen LogP contribution >= 0.6 is 0 Å². The number of methoxy groups -OCH3 is 1. The lowest BCUT2D eigenvalue weighted by atomic mass is 9.97. The first-order chi connectivity index (χ1) is 17.1. The number of aryl methyl sites for hydroxylation is 2. The second kappa shape index (κ2) is 13.0. The standard InChI is InChI=1S/C26H43N5O4S/c1-19-14-23(35-6)15-20(2)26(19)36(34)29(4)18-24(32)27-16-25(33)30(5)22-8-7-11-31(17-22)21-9-12-28(3)13-10-21/h14-15,21-22H,7-13,16-18H2,1-6H3,(H,27,32). The van der Waals surface area contributed by atoms with E-state index in [2.05, 4.69) is 22.2 Å². The molecule has 1 N–H and O–H groups in total. The Balaban J connectivity index is 1.47. The summed E-state index contributed by atoms with van der Waals surface area (Å²) in [6, 6.07) is 4.43. The molecule has 2 unspecified atom stereocenters. The number of nitrogens with one attached hydrogen (secondary N) is 1. The summed E-state index contributed by atoms with van der Waals surface area (Å²) >= 11 is 0. The second-order valence-corrected chi connectivity index (χ2v) is 11.8. The largest absolute Gasteiger partial charge is 0.497 e. The molecule has 2 aliphatic heterocycles. The van der Waals surface area contributed by atoms with Gasteiger partial charge in [-0.3, -0.25) is 14.5 Å². The van der Waals surface area contributed by atoms with E-state index in [0.717, 1.165) is 50.1 Å². The Hall–Kier alpha value is -2.01. The van der Waals surface area contributed by atoms with Crippen molar-refractivity contribution >= 4 is 22.8 Å². The summed E-state index contributed by atoms with van der Waals surface area (Å²) in [6.07, 6.45) is 4.44. The third-order valence-electron chi connectivity index (χ3n) is 7.50. The number of carbonyl (C=O) groups is 2. The first kappa shape index (κ1) is 28.6. The minimum absolute atomic E-state index is 0.0544. The topological polar surface area (TPSA) is 85.4 Å². The van der Waals surface area contributed by atoms with Crippen molar-refractivity contribution in [3.8, 4) is 5.75 Å². The van der Waals surface area contributed by atoms with Gasteiger partial charge < -0.3 is 19.9 Å². The fourth-order valence-corrected chi connectivity index (χ4v) is 6.49. The van der Waals surface area contributed by atoms with Gasteiger partial charge in [0.15, 0.2) is 0 Å². The summed E-state index contributed by atoms with van der Waals surface area (Å²) in [5.41, 5.74) is 1.69. The summed E-state index contributed by atoms with van der Waals surface area (Å²) in [5, 5.41) is 2.72. The zero-order valence-electron chi connectivity index (χ0n) is 22.7. The Morgan fingerprint density at radius 3 is 2.36 bits per heavy atom. The van der Waals surface area contributed by atoms with Crippen LogP contribution in [0.3, 0.4) is 0 Å². The van der Waals surface area contributed by atoms with E-state index in [-0.39, 0.29) is 30.9 Å². The van der Waals surface area contributed by atoms with Crippen LogP contribution in [0.5, 0.6) is 5.75 Å². The van der Waals surface area contributed by atoms with Crippen molar-refractivity contribution in [1.29, 1.82) is 0 Å². The van der Waals surface area contributed by atoms with Crippen molar-refractivity contribution in [1.82, 2.24) is 24.3 Å². The van der Waals surface area contributed by atoms with Crippen LogP contribution in [-0.2, 0) is 20.6 Å². The van der Waals surface area contributed by atoms with Crippen LogP contribution in [0.4, 0.5) is 0 Å². The summed E-state index contributed by atoms with van der Waals surface area (Å²) in [4.78, 5) is 32.8. The van der Waals surface area contributed by atoms with E-state index in [1.54, 1.807) is 19.1 Å². The predicted molar refractivity (Wildman–Crippen MR) is 142 cm³/mol. The van der Waals surface area contributed by atoms with Crippen LogP contribution in [-0.4, -0.2) is 115 Å². The highest BCUT2D eigenvalue weighted by atomic mass is 32.2. The quantitative estimate of drug-likeness (QED) is 0.529. The Bertz CT molecular complexity index is 927. The van der Waals surface area contributed by atoms with Gasteiger partial charge in [-0.15, -0.1) is 0 Å². The summed E-state index contributed by atoms with van der Waals surface area (Å²) in [7, 11) is 5.75. The van der Waals surface area contributed by atoms with Gasteiger partial charge in [0, 0.05) is 32.7 Å². The lowest BCUT2D eigenvalue weighted by molar-refractivity contribution is -0.134. The number of carbonyl (C=O) groups excluding carboxylic acids is 2. The molecule has 1 aromatic rings. The number of ether oxygens (including phenoxy) is 1. The molecule has 0 bridgehead atoms. The normalized spacial score (nSPS) is 20.8. The highest BCUT2D eigenvalue weighted by Crippen LogP contribution is 2.26. The van der Waals surface area contributed by atoms with Gasteiger partial charge in [-0.2, -0.15) is 0 Å². The second-order valence-electron chi connectivity index (χ2n) is 10.2. The van der Waals surface area contributed by atoms with Gasteiger partial charge in [0.2, 0.25) is 11.8 Å². The molecule has 2 saturated heterocycles. The van der Waals surface area contributed by atoms with Gasteiger partial charge in [0.05, 0.1) is 25.1 Å². The van der Waals surface area contributed by atoms with Crippen LogP contribution in [0.25, 0.3) is 0 Å². The van der Waals surface area contributed by atoms with E-state index >= 15 is 0 Å². The number of amides is 2. The van der Waals surface area contributed by atoms with Gasteiger partial charge in [0.1, 0.15) is 16.7 Å². The van der Waals surface area contributed by atoms with Crippen molar-refractivity contribution in [3.05, 3.63) is 23.3 Å². The number of rotatable bonds is 9. The fraction of sp³-hybridized carbons (Fsp3) is 0.692. The molecule has 0 radical (unpaired) electrons. The van der Waals surface area contributed by atoms with E-state index in [1.165, 1.54) is 17.1 Å². The van der Waals surface area contributed by atoms with Crippen molar-refractivity contribution < 1.29 is 18.5 Å². The number of likely N-dealkylation sites (tertiary alicyclic amines) is 2. The third-order valence-corrected chi connectivity index (χ3v) is 9.19. The SMILES string of the molecule is COc1cc(C)c(S(=O)N(C)CC(=O)NCC(=O)N(C)C2CCCN(C3CCN(C)CC3)C2)c(C)c1. The van der Waals surface area contributed by atoms with Crippen LogP contribution in [0, 0.1) is 13.8 Å². The summed E-state index contributed by atoms with van der Waals surface area (Å²) in [6.45, 7) is 7.89. The van der Waals surface area contributed by atoms with E-state index < -0.39 is 11.0 Å². The maximum Gasteiger partial charge on any atom is 0.242 e. The lowest BCUT2D eigenvalue weighted by Crippen LogP contribution is -2.54. The molecule has 10 heteroatoms. The first-order valence-corrected chi connectivity index (χ1v) is 13.9. The molecule has 3 rings (SSSR count). The molecule has 2 amide bonds. The maximum atomic E-state index is 13.1. The van der Waals surface area contributed by atoms with E-state index in [9.17, 15) is 13.8 Å².